The molecule has 1 aliphatic rings. The predicted octanol–water partition coefficient (Wildman–Crippen LogP) is 4.75. The van der Waals surface area contributed by atoms with Crippen LogP contribution in [0.1, 0.15) is 32.3 Å². The summed E-state index contributed by atoms with van der Waals surface area (Å²) < 4.78 is 14.9. The van der Waals surface area contributed by atoms with Gasteiger partial charge in [-0.15, -0.1) is 0 Å². The molecule has 1 heterocycles. The zero-order valence-corrected chi connectivity index (χ0v) is 18.6. The van der Waals surface area contributed by atoms with Gasteiger partial charge in [0.2, 0.25) is 11.6 Å². The number of primary amides is 1. The van der Waals surface area contributed by atoms with Crippen LogP contribution >= 0.6 is 23.8 Å². The number of benzene rings is 2. The van der Waals surface area contributed by atoms with Gasteiger partial charge >= 0.3 is 0 Å². The minimum Gasteiger partial charge on any atom is -0.370 e. The van der Waals surface area contributed by atoms with Crippen LogP contribution in [0.25, 0.3) is 4.85 Å². The molecule has 0 saturated carbocycles. The molecule has 0 spiro atoms. The zero-order chi connectivity index (χ0) is 22.9. The first kappa shape index (κ1) is 22.7. The summed E-state index contributed by atoms with van der Waals surface area (Å²) in [5.41, 5.74) is 5.67. The molecule has 0 radical (unpaired) electrons. The van der Waals surface area contributed by atoms with E-state index in [1.165, 1.54) is 12.1 Å². The van der Waals surface area contributed by atoms with E-state index < -0.39 is 17.3 Å². The molecule has 31 heavy (non-hydrogen) atoms. The molecular weight excluding hydrogens is 439 g/mol. The first-order valence-corrected chi connectivity index (χ1v) is 10.3. The van der Waals surface area contributed by atoms with Gasteiger partial charge in [0.1, 0.15) is 5.54 Å². The summed E-state index contributed by atoms with van der Waals surface area (Å²) in [6.07, 6.45) is 1.66. The second-order valence-corrected chi connectivity index (χ2v) is 8.39. The van der Waals surface area contributed by atoms with Crippen molar-refractivity contribution >= 4 is 57.8 Å². The van der Waals surface area contributed by atoms with Crippen LogP contribution in [-0.2, 0) is 16.0 Å². The summed E-state index contributed by atoms with van der Waals surface area (Å²) in [5, 5.41) is -0.235. The molecule has 0 atom stereocenters. The number of amides is 2. The van der Waals surface area contributed by atoms with Gasteiger partial charge in [0.05, 0.1) is 17.3 Å². The summed E-state index contributed by atoms with van der Waals surface area (Å²) >= 11 is 11.5. The van der Waals surface area contributed by atoms with E-state index in [1.54, 1.807) is 18.7 Å². The molecule has 0 bridgehead atoms. The Morgan fingerprint density at radius 1 is 1.26 bits per heavy atom. The molecule has 0 aliphatic carbocycles. The third-order valence-corrected chi connectivity index (χ3v) is 5.88. The van der Waals surface area contributed by atoms with Crippen molar-refractivity contribution in [1.29, 1.82) is 0 Å². The Bertz CT molecular complexity index is 1110. The summed E-state index contributed by atoms with van der Waals surface area (Å²) in [4.78, 5) is 30.0. The Kier molecular flexibility index (Phi) is 6.30. The second-order valence-electron chi connectivity index (χ2n) is 7.65. The highest BCUT2D eigenvalue weighted by molar-refractivity contribution is 7.81. The summed E-state index contributed by atoms with van der Waals surface area (Å²) in [5.74, 6) is -1.61. The molecule has 2 N–H and O–H groups in total. The van der Waals surface area contributed by atoms with Crippen LogP contribution in [0.4, 0.5) is 21.5 Å². The topological polar surface area (TPSA) is 71.0 Å². The van der Waals surface area contributed by atoms with Crippen LogP contribution in [0, 0.1) is 12.4 Å². The monoisotopic (exact) mass is 458 g/mol. The molecule has 6 nitrogen and oxygen atoms in total. The average Bonchev–Trinajstić information content (AvgIpc) is 2.89. The van der Waals surface area contributed by atoms with Gasteiger partial charge in [-0.2, -0.15) is 0 Å². The Balaban J connectivity index is 1.92. The molecule has 160 valence electrons. The largest absolute Gasteiger partial charge is 0.370 e. The maximum absolute atomic E-state index is 14.9. The van der Waals surface area contributed by atoms with E-state index in [4.69, 9.17) is 36.1 Å². The standard InChI is InChI=1S/C22H20ClFN4O2S/c1-22(2)20(30)27(16-12-11-15(26-3)18(23)19(16)24)21(31)28(22)14-9-7-13(8-10-14)5-4-6-17(25)29/h7-12H,4-6H2,1-2H3,(H2,25,29). The number of hydrogen-bond donors (Lipinski definition) is 1. The minimum atomic E-state index is -1.07. The van der Waals surface area contributed by atoms with Crippen molar-refractivity contribution in [3.8, 4) is 0 Å². The zero-order valence-electron chi connectivity index (χ0n) is 17.0. The molecule has 2 aromatic rings. The number of nitrogens with zero attached hydrogens (tertiary/aromatic N) is 3. The SMILES string of the molecule is [C-]#[N+]c1ccc(N2C(=O)C(C)(C)N(c3ccc(CCCC(N)=O)cc3)C2=S)c(F)c1Cl. The van der Waals surface area contributed by atoms with Gasteiger partial charge in [-0.1, -0.05) is 29.8 Å². The maximum atomic E-state index is 14.9. The fourth-order valence-corrected chi connectivity index (χ4v) is 4.22. The van der Waals surface area contributed by atoms with Crippen molar-refractivity contribution in [1.82, 2.24) is 0 Å². The van der Waals surface area contributed by atoms with E-state index in [9.17, 15) is 14.0 Å². The van der Waals surface area contributed by atoms with Crippen LogP contribution in [-0.4, -0.2) is 22.5 Å². The Labute approximate surface area is 190 Å². The van der Waals surface area contributed by atoms with Gasteiger partial charge in [0.25, 0.3) is 5.91 Å². The molecule has 2 amide bonds. The second kappa shape index (κ2) is 8.61. The molecule has 1 saturated heterocycles. The first-order chi connectivity index (χ1) is 14.6. The average molecular weight is 459 g/mol. The van der Waals surface area contributed by atoms with Gasteiger partial charge in [0, 0.05) is 12.1 Å². The van der Waals surface area contributed by atoms with Crippen LogP contribution in [0.5, 0.6) is 0 Å². The lowest BCUT2D eigenvalue weighted by atomic mass is 10.0. The molecule has 2 aromatic carbocycles. The fraction of sp³-hybridized carbons (Fsp3) is 0.273. The summed E-state index contributed by atoms with van der Waals surface area (Å²) in [7, 11) is 0. The van der Waals surface area contributed by atoms with Crippen LogP contribution < -0.4 is 15.5 Å². The third kappa shape index (κ3) is 4.11. The number of nitrogens with two attached hydrogens (primary N) is 1. The van der Waals surface area contributed by atoms with Crippen molar-refractivity contribution in [2.45, 2.75) is 38.6 Å². The van der Waals surface area contributed by atoms with Gasteiger partial charge in [0.15, 0.2) is 10.9 Å². The van der Waals surface area contributed by atoms with E-state index in [1.807, 2.05) is 24.3 Å². The number of thiocarbonyl (C=S) groups is 1. The Hall–Kier alpha value is -3.02. The predicted molar refractivity (Wildman–Crippen MR) is 123 cm³/mol. The minimum absolute atomic E-state index is 0.0384. The molecule has 1 fully saturated rings. The van der Waals surface area contributed by atoms with Gasteiger partial charge in [-0.25, -0.2) is 9.24 Å². The Morgan fingerprint density at radius 3 is 2.48 bits per heavy atom. The number of halogens is 2. The van der Waals surface area contributed by atoms with E-state index in [2.05, 4.69) is 4.85 Å². The number of rotatable bonds is 6. The van der Waals surface area contributed by atoms with Crippen molar-refractivity contribution in [2.75, 3.05) is 9.80 Å². The molecule has 0 unspecified atom stereocenters. The van der Waals surface area contributed by atoms with E-state index in [-0.39, 0.29) is 27.4 Å². The van der Waals surface area contributed by atoms with E-state index in [0.29, 0.717) is 24.9 Å². The highest BCUT2D eigenvalue weighted by Gasteiger charge is 2.51. The number of carbonyl (C=O) groups excluding carboxylic acids is 2. The Morgan fingerprint density at radius 2 is 1.90 bits per heavy atom. The maximum Gasteiger partial charge on any atom is 0.259 e. The van der Waals surface area contributed by atoms with Crippen LogP contribution in [0.15, 0.2) is 36.4 Å². The molecule has 9 heteroatoms. The summed E-state index contributed by atoms with van der Waals surface area (Å²) in [6, 6.07) is 10.1. The lowest BCUT2D eigenvalue weighted by Gasteiger charge is -2.29. The van der Waals surface area contributed by atoms with Gasteiger partial charge in [-0.3, -0.25) is 14.5 Å². The molecule has 0 aromatic heterocycles. The van der Waals surface area contributed by atoms with Crippen molar-refractivity contribution in [3.63, 3.8) is 0 Å². The van der Waals surface area contributed by atoms with Gasteiger partial charge < -0.3 is 10.6 Å². The van der Waals surface area contributed by atoms with Gasteiger partial charge in [-0.05, 0) is 62.7 Å². The fourth-order valence-electron chi connectivity index (χ4n) is 3.51. The van der Waals surface area contributed by atoms with Crippen molar-refractivity contribution in [2.24, 2.45) is 5.73 Å². The smallest absolute Gasteiger partial charge is 0.259 e. The van der Waals surface area contributed by atoms with E-state index in [0.717, 1.165) is 10.5 Å². The number of anilines is 2. The van der Waals surface area contributed by atoms with Crippen molar-refractivity contribution < 1.29 is 14.0 Å². The number of hydrogen-bond acceptors (Lipinski definition) is 3. The summed E-state index contributed by atoms with van der Waals surface area (Å²) in [6.45, 7) is 10.5. The normalized spacial score (nSPS) is 15.3. The molecule has 1 aliphatic heterocycles. The van der Waals surface area contributed by atoms with Crippen molar-refractivity contribution in [3.05, 3.63) is 64.2 Å². The number of aryl methyl sites for hydroxylation is 1. The third-order valence-electron chi connectivity index (χ3n) is 5.15. The number of carbonyl (C=O) groups is 2. The quantitative estimate of drug-likeness (QED) is 0.500. The molecule has 3 rings (SSSR count). The highest BCUT2D eigenvalue weighted by atomic mass is 35.5. The van der Waals surface area contributed by atoms with Crippen LogP contribution in [0.3, 0.4) is 0 Å². The lowest BCUT2D eigenvalue weighted by molar-refractivity contribution is -0.120. The highest BCUT2D eigenvalue weighted by Crippen LogP contribution is 2.40. The molecular formula is C22H20ClFN4O2S. The van der Waals surface area contributed by atoms with Crippen LogP contribution in [0.2, 0.25) is 5.02 Å². The lowest BCUT2D eigenvalue weighted by Crippen LogP contribution is -2.44. The first-order valence-electron chi connectivity index (χ1n) is 9.51. The van der Waals surface area contributed by atoms with E-state index >= 15 is 0 Å².